The van der Waals surface area contributed by atoms with Crippen LogP contribution in [-0.2, 0) is 16.0 Å². The van der Waals surface area contributed by atoms with E-state index in [2.05, 4.69) is 33.9 Å². The molecule has 0 bridgehead atoms. The molecule has 0 aliphatic carbocycles. The van der Waals surface area contributed by atoms with Crippen LogP contribution in [0, 0.1) is 13.8 Å². The molecule has 2 aromatic heterocycles. The predicted octanol–water partition coefficient (Wildman–Crippen LogP) is 1.76. The maximum atomic E-state index is 5.33. The van der Waals surface area contributed by atoms with Gasteiger partial charge in [-0.15, -0.1) is 11.3 Å². The number of imidazole rings is 1. The van der Waals surface area contributed by atoms with Gasteiger partial charge in [-0.3, -0.25) is 4.40 Å². The van der Waals surface area contributed by atoms with E-state index in [0.29, 0.717) is 6.61 Å². The molecule has 2 rings (SSSR count). The number of hydrogen-bond acceptors (Lipinski definition) is 5. The molecule has 0 saturated heterocycles. The minimum absolute atomic E-state index is 0.0808. The second-order valence-electron chi connectivity index (χ2n) is 4.58. The number of hydrogen-bond donors (Lipinski definition) is 1. The molecule has 0 aromatic carbocycles. The Bertz CT molecular complexity index is 535. The summed E-state index contributed by atoms with van der Waals surface area (Å²) in [4.78, 5) is 5.64. The third-order valence-corrected chi connectivity index (χ3v) is 4.12. The Kier molecular flexibility index (Phi) is 4.93. The van der Waals surface area contributed by atoms with Crippen LogP contribution < -0.4 is 5.32 Å². The van der Waals surface area contributed by atoms with Crippen molar-refractivity contribution in [3.63, 3.8) is 0 Å². The summed E-state index contributed by atoms with van der Waals surface area (Å²) in [6.45, 7) is 6.31. The van der Waals surface area contributed by atoms with Crippen LogP contribution in [0.25, 0.3) is 4.96 Å². The monoisotopic (exact) mass is 283 g/mol. The normalized spacial score (nSPS) is 13.3. The van der Waals surface area contributed by atoms with Crippen LogP contribution in [0.3, 0.4) is 0 Å². The number of nitrogens with zero attached hydrogens (tertiary/aromatic N) is 2. The highest BCUT2D eigenvalue weighted by atomic mass is 32.1. The van der Waals surface area contributed by atoms with E-state index in [0.717, 1.165) is 23.7 Å². The molecule has 0 radical (unpaired) electrons. The van der Waals surface area contributed by atoms with Crippen LogP contribution in [0.5, 0.6) is 0 Å². The zero-order valence-electron chi connectivity index (χ0n) is 11.9. The number of aromatic nitrogens is 2. The van der Waals surface area contributed by atoms with Gasteiger partial charge in [0.25, 0.3) is 0 Å². The van der Waals surface area contributed by atoms with Gasteiger partial charge < -0.3 is 14.8 Å². The number of rotatable bonds is 7. The highest BCUT2D eigenvalue weighted by Crippen LogP contribution is 2.20. The van der Waals surface area contributed by atoms with Gasteiger partial charge in [0.2, 0.25) is 0 Å². The zero-order valence-corrected chi connectivity index (χ0v) is 12.7. The third kappa shape index (κ3) is 3.14. The van der Waals surface area contributed by atoms with Crippen molar-refractivity contribution < 1.29 is 9.47 Å². The van der Waals surface area contributed by atoms with Crippen LogP contribution in [0.2, 0.25) is 0 Å². The molecule has 0 saturated carbocycles. The smallest absolute Gasteiger partial charge is 0.194 e. The van der Waals surface area contributed by atoms with Gasteiger partial charge in [-0.25, -0.2) is 4.98 Å². The molecule has 5 nitrogen and oxygen atoms in total. The van der Waals surface area contributed by atoms with Gasteiger partial charge in [0.1, 0.15) is 0 Å². The minimum Gasteiger partial charge on any atom is -0.382 e. The first-order valence-corrected chi connectivity index (χ1v) is 7.19. The standard InChI is InChI=1S/C13H21N3O2S/c1-9-8-19-13-15-10(2)12(16(9)13)6-14-5-11(18-4)7-17-3/h8,11,14H,5-7H2,1-4H3. The van der Waals surface area contributed by atoms with Crippen molar-refractivity contribution in [2.45, 2.75) is 26.5 Å². The molecule has 2 aromatic rings. The lowest BCUT2D eigenvalue weighted by molar-refractivity contribution is 0.0287. The van der Waals surface area contributed by atoms with E-state index in [1.54, 1.807) is 25.6 Å². The summed E-state index contributed by atoms with van der Waals surface area (Å²) in [5.41, 5.74) is 3.54. The first-order valence-electron chi connectivity index (χ1n) is 6.31. The first kappa shape index (κ1) is 14.5. The molecule has 0 spiro atoms. The average Bonchev–Trinajstić information content (AvgIpc) is 2.89. The fourth-order valence-corrected chi connectivity index (χ4v) is 3.05. The lowest BCUT2D eigenvalue weighted by Crippen LogP contribution is -2.31. The number of methoxy groups -OCH3 is 2. The van der Waals surface area contributed by atoms with Crippen LogP contribution in [0.1, 0.15) is 17.1 Å². The maximum absolute atomic E-state index is 5.33. The molecule has 0 amide bonds. The summed E-state index contributed by atoms with van der Waals surface area (Å²) in [5.74, 6) is 0. The summed E-state index contributed by atoms with van der Waals surface area (Å²) in [5, 5.41) is 5.55. The van der Waals surface area contributed by atoms with Gasteiger partial charge in [0, 0.05) is 38.4 Å². The number of aryl methyl sites for hydroxylation is 2. The summed E-state index contributed by atoms with van der Waals surface area (Å²) in [6, 6.07) is 0. The highest BCUT2D eigenvalue weighted by Gasteiger charge is 2.12. The predicted molar refractivity (Wildman–Crippen MR) is 76.9 cm³/mol. The Hall–Kier alpha value is -0.950. The van der Waals surface area contributed by atoms with Crippen LogP contribution in [0.15, 0.2) is 5.38 Å². The summed E-state index contributed by atoms with van der Waals surface area (Å²) >= 11 is 1.68. The van der Waals surface area contributed by atoms with E-state index in [9.17, 15) is 0 Å². The van der Waals surface area contributed by atoms with Gasteiger partial charge in [-0.05, 0) is 13.8 Å². The second-order valence-corrected chi connectivity index (χ2v) is 5.42. The molecule has 1 N–H and O–H groups in total. The number of nitrogens with one attached hydrogen (secondary N) is 1. The van der Waals surface area contributed by atoms with E-state index < -0.39 is 0 Å². The fraction of sp³-hybridized carbons (Fsp3) is 0.615. The third-order valence-electron chi connectivity index (χ3n) is 3.18. The Balaban J connectivity index is 2.01. The molecular formula is C13H21N3O2S. The second kappa shape index (κ2) is 6.47. The van der Waals surface area contributed by atoms with E-state index >= 15 is 0 Å². The summed E-state index contributed by atoms with van der Waals surface area (Å²) in [6.07, 6.45) is 0.0808. The maximum Gasteiger partial charge on any atom is 0.194 e. The lowest BCUT2D eigenvalue weighted by atomic mass is 10.3. The van der Waals surface area contributed by atoms with Crippen molar-refractivity contribution >= 4 is 16.3 Å². The summed E-state index contributed by atoms with van der Waals surface area (Å²) in [7, 11) is 3.39. The van der Waals surface area contributed by atoms with Crippen molar-refractivity contribution in [2.75, 3.05) is 27.4 Å². The van der Waals surface area contributed by atoms with Crippen molar-refractivity contribution in [1.29, 1.82) is 0 Å². The van der Waals surface area contributed by atoms with E-state index in [4.69, 9.17) is 9.47 Å². The molecule has 0 aliphatic heterocycles. The Morgan fingerprint density at radius 3 is 2.89 bits per heavy atom. The highest BCUT2D eigenvalue weighted by molar-refractivity contribution is 7.15. The Morgan fingerprint density at radius 2 is 2.21 bits per heavy atom. The Labute approximate surface area is 117 Å². The van der Waals surface area contributed by atoms with Crippen LogP contribution >= 0.6 is 11.3 Å². The Morgan fingerprint density at radius 1 is 1.42 bits per heavy atom. The van der Waals surface area contributed by atoms with Crippen LogP contribution in [0.4, 0.5) is 0 Å². The number of fused-ring (bicyclic) bond motifs is 1. The average molecular weight is 283 g/mol. The molecule has 0 aliphatic rings. The van der Waals surface area contributed by atoms with Crippen molar-refractivity contribution in [2.24, 2.45) is 0 Å². The van der Waals surface area contributed by atoms with Gasteiger partial charge in [0.05, 0.1) is 24.1 Å². The molecule has 2 heterocycles. The minimum atomic E-state index is 0.0808. The largest absolute Gasteiger partial charge is 0.382 e. The molecule has 19 heavy (non-hydrogen) atoms. The van der Waals surface area contributed by atoms with E-state index in [1.807, 2.05) is 0 Å². The van der Waals surface area contributed by atoms with E-state index in [1.165, 1.54) is 11.4 Å². The van der Waals surface area contributed by atoms with Crippen molar-refractivity contribution in [3.05, 3.63) is 22.5 Å². The molecule has 1 atom stereocenters. The van der Waals surface area contributed by atoms with Gasteiger partial charge in [0.15, 0.2) is 4.96 Å². The topological polar surface area (TPSA) is 47.8 Å². The van der Waals surface area contributed by atoms with Crippen molar-refractivity contribution in [1.82, 2.24) is 14.7 Å². The van der Waals surface area contributed by atoms with E-state index in [-0.39, 0.29) is 6.10 Å². The number of ether oxygens (including phenoxy) is 2. The van der Waals surface area contributed by atoms with Crippen molar-refractivity contribution in [3.8, 4) is 0 Å². The number of thiazole rings is 1. The van der Waals surface area contributed by atoms with Gasteiger partial charge in [-0.2, -0.15) is 0 Å². The summed E-state index contributed by atoms with van der Waals surface area (Å²) < 4.78 is 12.6. The van der Waals surface area contributed by atoms with Crippen LogP contribution in [-0.4, -0.2) is 42.9 Å². The molecule has 106 valence electrons. The molecular weight excluding hydrogens is 262 g/mol. The molecule has 1 unspecified atom stereocenters. The molecule has 0 fully saturated rings. The fourth-order valence-electron chi connectivity index (χ4n) is 2.12. The van der Waals surface area contributed by atoms with Gasteiger partial charge in [-0.1, -0.05) is 0 Å². The quantitative estimate of drug-likeness (QED) is 0.841. The SMILES string of the molecule is COCC(CNCc1c(C)nc2scc(C)n12)OC. The lowest BCUT2D eigenvalue weighted by Gasteiger charge is -2.15. The first-order chi connectivity index (χ1) is 9.17. The van der Waals surface area contributed by atoms with Gasteiger partial charge >= 0.3 is 0 Å². The molecule has 6 heteroatoms. The zero-order chi connectivity index (χ0) is 13.8.